The van der Waals surface area contributed by atoms with Crippen LogP contribution in [0.5, 0.6) is 0 Å². The van der Waals surface area contributed by atoms with Gasteiger partial charge >= 0.3 is 5.97 Å². The van der Waals surface area contributed by atoms with E-state index in [0.717, 1.165) is 23.1 Å². The lowest BCUT2D eigenvalue weighted by molar-refractivity contribution is -0.116. The molecule has 2 unspecified atom stereocenters. The number of halogens is 2. The maximum atomic E-state index is 11.9. The Morgan fingerprint density at radius 3 is 2.57 bits per heavy atom. The summed E-state index contributed by atoms with van der Waals surface area (Å²) in [5.41, 5.74) is 1.92. The van der Waals surface area contributed by atoms with Crippen molar-refractivity contribution >= 4 is 50.7 Å². The van der Waals surface area contributed by atoms with Crippen molar-refractivity contribution in [1.29, 1.82) is 0 Å². The van der Waals surface area contributed by atoms with Crippen LogP contribution in [0.15, 0.2) is 40.9 Å². The molecule has 0 saturated heterocycles. The summed E-state index contributed by atoms with van der Waals surface area (Å²) in [6, 6.07) is 10.2. The quantitative estimate of drug-likeness (QED) is 0.266. The SMILES string of the molecule is Cc1onc(-c2c(Cl)cccc2Cl)c1COC1CC2CCC(C1)C2(O)c1nc2ccc(C(=O)O)cc2s1. The number of aromatic carboxylic acids is 1. The zero-order chi connectivity index (χ0) is 25.9. The minimum Gasteiger partial charge on any atom is -0.478 e. The van der Waals surface area contributed by atoms with E-state index < -0.39 is 11.6 Å². The summed E-state index contributed by atoms with van der Waals surface area (Å²) in [5.74, 6) is -0.304. The zero-order valence-corrected chi connectivity index (χ0v) is 22.2. The fourth-order valence-electron chi connectivity index (χ4n) is 5.90. The number of hydrogen-bond acceptors (Lipinski definition) is 7. The Hall–Kier alpha value is -2.49. The van der Waals surface area contributed by atoms with Crippen LogP contribution in [0.2, 0.25) is 10.0 Å². The third-order valence-electron chi connectivity index (χ3n) is 7.83. The first-order chi connectivity index (χ1) is 17.8. The molecule has 2 bridgehead atoms. The molecule has 37 heavy (non-hydrogen) atoms. The molecule has 2 aliphatic rings. The fraction of sp³-hybridized carbons (Fsp3) is 0.370. The number of carboxylic acid groups (broad SMARTS) is 1. The van der Waals surface area contributed by atoms with Crippen LogP contribution in [0, 0.1) is 18.8 Å². The molecule has 2 saturated carbocycles. The van der Waals surface area contributed by atoms with Crippen molar-refractivity contribution in [2.75, 3.05) is 0 Å². The van der Waals surface area contributed by atoms with Crippen LogP contribution in [0.25, 0.3) is 21.5 Å². The monoisotopic (exact) mass is 558 g/mol. The van der Waals surface area contributed by atoms with Gasteiger partial charge in [0, 0.05) is 11.1 Å². The number of ether oxygens (including phenoxy) is 1. The highest BCUT2D eigenvalue weighted by Crippen LogP contribution is 2.56. The highest BCUT2D eigenvalue weighted by Gasteiger charge is 2.56. The summed E-state index contributed by atoms with van der Waals surface area (Å²) in [4.78, 5) is 16.1. The predicted molar refractivity (Wildman–Crippen MR) is 141 cm³/mol. The molecule has 0 radical (unpaired) electrons. The molecular formula is C27H24Cl2N2O5S. The summed E-state index contributed by atoms with van der Waals surface area (Å²) in [6.07, 6.45) is 3.16. The molecule has 10 heteroatoms. The van der Waals surface area contributed by atoms with Gasteiger partial charge in [0.2, 0.25) is 0 Å². The average molecular weight is 559 g/mol. The van der Waals surface area contributed by atoms with Crippen molar-refractivity contribution in [3.05, 3.63) is 68.3 Å². The highest BCUT2D eigenvalue weighted by molar-refractivity contribution is 7.18. The Morgan fingerprint density at radius 1 is 1.19 bits per heavy atom. The number of benzene rings is 2. The molecular weight excluding hydrogens is 535 g/mol. The number of carbonyl (C=O) groups is 1. The summed E-state index contributed by atoms with van der Waals surface area (Å²) in [5, 5.41) is 27.1. The van der Waals surface area contributed by atoms with Gasteiger partial charge in [-0.15, -0.1) is 11.3 Å². The molecule has 0 amide bonds. The summed E-state index contributed by atoms with van der Waals surface area (Å²) in [6.45, 7) is 2.14. The first-order valence-electron chi connectivity index (χ1n) is 12.1. The van der Waals surface area contributed by atoms with E-state index in [1.807, 2.05) is 6.92 Å². The number of carboxylic acids is 1. The van der Waals surface area contributed by atoms with Gasteiger partial charge in [0.15, 0.2) is 0 Å². The molecule has 2 fully saturated rings. The van der Waals surface area contributed by atoms with Gasteiger partial charge in [0.1, 0.15) is 22.1 Å². The van der Waals surface area contributed by atoms with Crippen LogP contribution in [0.3, 0.4) is 0 Å². The van der Waals surface area contributed by atoms with E-state index in [0.29, 0.717) is 57.0 Å². The van der Waals surface area contributed by atoms with Crippen LogP contribution in [-0.2, 0) is 16.9 Å². The molecule has 0 aliphatic heterocycles. The average Bonchev–Trinajstić information content (AvgIpc) is 3.49. The smallest absolute Gasteiger partial charge is 0.335 e. The molecule has 2 aliphatic carbocycles. The lowest BCUT2D eigenvalue weighted by Crippen LogP contribution is -2.44. The second-order valence-corrected chi connectivity index (χ2v) is 11.7. The van der Waals surface area contributed by atoms with Crippen LogP contribution >= 0.6 is 34.5 Å². The maximum absolute atomic E-state index is 11.9. The van der Waals surface area contributed by atoms with Crippen molar-refractivity contribution < 1.29 is 24.3 Å². The standard InChI is InChI=1S/C27H24Cl2N2O5S/c1-13-18(24(31-36-13)23-19(28)3-2-4-20(23)29)12-35-17-10-15-6-7-16(11-17)27(15,34)26-30-21-8-5-14(25(32)33)9-22(21)37-26/h2-5,8-9,15-17,34H,6-7,10-12H2,1H3,(H,32,33). The topological polar surface area (TPSA) is 106 Å². The number of hydrogen-bond donors (Lipinski definition) is 2. The molecule has 192 valence electrons. The summed E-state index contributed by atoms with van der Waals surface area (Å²) < 4.78 is 12.6. The Bertz CT molecular complexity index is 1480. The predicted octanol–water partition coefficient (Wildman–Crippen LogP) is 6.86. The largest absolute Gasteiger partial charge is 0.478 e. The summed E-state index contributed by atoms with van der Waals surface area (Å²) in [7, 11) is 0. The number of aromatic nitrogens is 2. The third kappa shape index (κ3) is 4.15. The minimum atomic E-state index is -1.03. The van der Waals surface area contributed by atoms with Gasteiger partial charge in [-0.25, -0.2) is 9.78 Å². The van der Waals surface area contributed by atoms with Crippen LogP contribution < -0.4 is 0 Å². The van der Waals surface area contributed by atoms with Crippen LogP contribution in [0.4, 0.5) is 0 Å². The van der Waals surface area contributed by atoms with Crippen molar-refractivity contribution in [1.82, 2.24) is 10.1 Å². The molecule has 2 heterocycles. The lowest BCUT2D eigenvalue weighted by Gasteiger charge is -2.41. The van der Waals surface area contributed by atoms with Crippen molar-refractivity contribution in [2.24, 2.45) is 11.8 Å². The van der Waals surface area contributed by atoms with Crippen molar-refractivity contribution in [3.8, 4) is 11.3 Å². The highest BCUT2D eigenvalue weighted by atomic mass is 35.5. The van der Waals surface area contributed by atoms with E-state index in [9.17, 15) is 15.0 Å². The van der Waals surface area contributed by atoms with E-state index in [1.54, 1.807) is 36.4 Å². The first-order valence-corrected chi connectivity index (χ1v) is 13.7. The normalized spacial score (nSPS) is 25.1. The van der Waals surface area contributed by atoms with E-state index in [1.165, 1.54) is 11.3 Å². The van der Waals surface area contributed by atoms with Gasteiger partial charge in [-0.2, -0.15) is 0 Å². The minimum absolute atomic E-state index is 0.0109. The second kappa shape index (κ2) is 9.36. The van der Waals surface area contributed by atoms with Crippen molar-refractivity contribution in [2.45, 2.75) is 50.9 Å². The number of aliphatic hydroxyl groups is 1. The molecule has 2 N–H and O–H groups in total. The second-order valence-electron chi connectivity index (χ2n) is 9.87. The van der Waals surface area contributed by atoms with Crippen LogP contribution in [-0.4, -0.2) is 32.4 Å². The number of thiazole rings is 1. The Kier molecular flexibility index (Phi) is 6.28. The third-order valence-corrected chi connectivity index (χ3v) is 9.62. The van der Waals surface area contributed by atoms with Gasteiger partial charge in [0.05, 0.1) is 38.5 Å². The first kappa shape index (κ1) is 24.8. The Morgan fingerprint density at radius 2 is 1.89 bits per heavy atom. The Balaban J connectivity index is 1.21. The molecule has 2 aromatic carbocycles. The lowest BCUT2D eigenvalue weighted by atomic mass is 9.73. The molecule has 2 atom stereocenters. The van der Waals surface area contributed by atoms with Gasteiger partial charge in [0.25, 0.3) is 0 Å². The number of nitrogens with zero attached hydrogens (tertiary/aromatic N) is 2. The zero-order valence-electron chi connectivity index (χ0n) is 19.9. The van der Waals surface area contributed by atoms with E-state index in [-0.39, 0.29) is 23.5 Å². The maximum Gasteiger partial charge on any atom is 0.335 e. The Labute approximate surface area is 227 Å². The van der Waals surface area contributed by atoms with E-state index >= 15 is 0 Å². The van der Waals surface area contributed by atoms with Gasteiger partial charge in [-0.3, -0.25) is 0 Å². The van der Waals surface area contributed by atoms with Gasteiger partial charge in [-0.05, 0) is 74.8 Å². The molecule has 0 spiro atoms. The van der Waals surface area contributed by atoms with Crippen molar-refractivity contribution in [3.63, 3.8) is 0 Å². The van der Waals surface area contributed by atoms with E-state index in [2.05, 4.69) is 5.16 Å². The van der Waals surface area contributed by atoms with E-state index in [4.69, 9.17) is 37.4 Å². The molecule has 4 aromatic rings. The van der Waals surface area contributed by atoms with Gasteiger partial charge in [-0.1, -0.05) is 34.4 Å². The number of fused-ring (bicyclic) bond motifs is 3. The number of aryl methyl sites for hydroxylation is 1. The molecule has 2 aromatic heterocycles. The van der Waals surface area contributed by atoms with Gasteiger partial charge < -0.3 is 19.5 Å². The number of rotatable bonds is 6. The summed E-state index contributed by atoms with van der Waals surface area (Å²) >= 11 is 14.2. The van der Waals surface area contributed by atoms with Crippen LogP contribution in [0.1, 0.15) is 52.4 Å². The molecule has 6 rings (SSSR count). The molecule has 7 nitrogen and oxygen atoms in total. The fourth-order valence-corrected chi connectivity index (χ4v) is 7.73.